The molecular weight excluding hydrogens is 438 g/mol. The van der Waals surface area contributed by atoms with Crippen molar-refractivity contribution in [1.29, 1.82) is 0 Å². The van der Waals surface area contributed by atoms with Gasteiger partial charge in [-0.15, -0.1) is 11.8 Å². The molecule has 1 N–H and O–H groups in total. The van der Waals surface area contributed by atoms with E-state index in [9.17, 15) is 19.5 Å². The molecule has 0 aromatic carbocycles. The molecule has 33 heavy (non-hydrogen) atoms. The molecule has 1 unspecified atom stereocenters. The molecule has 3 amide bonds. The summed E-state index contributed by atoms with van der Waals surface area (Å²) >= 11 is 1.61. The fraction of sp³-hybridized carbons (Fsp3) is 0.720. The first-order chi connectivity index (χ1) is 15.9. The number of amides is 3. The van der Waals surface area contributed by atoms with E-state index in [4.69, 9.17) is 0 Å². The number of aliphatic hydroxyl groups excluding tert-OH is 1. The van der Waals surface area contributed by atoms with Gasteiger partial charge in [0.15, 0.2) is 0 Å². The van der Waals surface area contributed by atoms with Crippen molar-refractivity contribution >= 4 is 29.5 Å². The van der Waals surface area contributed by atoms with Crippen molar-refractivity contribution in [1.82, 2.24) is 14.7 Å². The first-order valence-corrected chi connectivity index (χ1v) is 13.3. The maximum Gasteiger partial charge on any atom is 0.247 e. The van der Waals surface area contributed by atoms with Gasteiger partial charge in [0.05, 0.1) is 29.2 Å². The lowest BCUT2D eigenvalue weighted by Crippen LogP contribution is -2.58. The van der Waals surface area contributed by atoms with Gasteiger partial charge in [0, 0.05) is 31.4 Å². The van der Waals surface area contributed by atoms with Gasteiger partial charge in [0.1, 0.15) is 6.04 Å². The van der Waals surface area contributed by atoms with Crippen LogP contribution in [0.5, 0.6) is 0 Å². The van der Waals surface area contributed by atoms with E-state index in [-0.39, 0.29) is 35.6 Å². The fourth-order valence-electron chi connectivity index (χ4n) is 6.75. The molecule has 0 aromatic heterocycles. The molecule has 5 rings (SSSR count). The molecule has 1 aliphatic carbocycles. The summed E-state index contributed by atoms with van der Waals surface area (Å²) in [6, 6.07) is -0.918. The maximum absolute atomic E-state index is 14.3. The monoisotopic (exact) mass is 473 g/mol. The van der Waals surface area contributed by atoms with Crippen LogP contribution in [0.2, 0.25) is 0 Å². The number of likely N-dealkylation sites (N-methyl/N-ethyl adjacent to an activating group) is 1. The Hall–Kier alpha value is -1.80. The van der Waals surface area contributed by atoms with Crippen molar-refractivity contribution in [3.8, 4) is 0 Å². The van der Waals surface area contributed by atoms with Gasteiger partial charge in [-0.05, 0) is 19.3 Å². The molecule has 4 aliphatic heterocycles. The van der Waals surface area contributed by atoms with Gasteiger partial charge in [0.25, 0.3) is 0 Å². The highest BCUT2D eigenvalue weighted by Gasteiger charge is 2.71. The van der Waals surface area contributed by atoms with E-state index in [0.29, 0.717) is 19.5 Å². The predicted molar refractivity (Wildman–Crippen MR) is 127 cm³/mol. The van der Waals surface area contributed by atoms with Crippen molar-refractivity contribution in [2.75, 3.05) is 26.7 Å². The largest absolute Gasteiger partial charge is 0.394 e. The van der Waals surface area contributed by atoms with Crippen molar-refractivity contribution in [2.24, 2.45) is 11.8 Å². The molecule has 0 aromatic rings. The van der Waals surface area contributed by atoms with E-state index in [1.54, 1.807) is 28.6 Å². The third-order valence-corrected chi connectivity index (χ3v) is 10.2. The number of rotatable bonds is 4. The van der Waals surface area contributed by atoms with Crippen LogP contribution in [-0.2, 0) is 14.4 Å². The van der Waals surface area contributed by atoms with E-state index in [0.717, 1.165) is 25.7 Å². The SMILES string of the molecule is CC[C@@H](CO)N1C(=O)[C@@H]2[C@H]3C(=O)N(C)CC=C[C@H]3S[C@@]23C=CCN(C2CCCCC2)C(=O)C13. The summed E-state index contributed by atoms with van der Waals surface area (Å²) in [5.74, 6) is -1.28. The number of aliphatic hydroxyl groups is 1. The minimum atomic E-state index is -0.784. The highest BCUT2D eigenvalue weighted by Crippen LogP contribution is 2.61. The van der Waals surface area contributed by atoms with Crippen LogP contribution in [0.1, 0.15) is 45.4 Å². The number of thioether (sulfide) groups is 1. The van der Waals surface area contributed by atoms with Gasteiger partial charge in [-0.1, -0.05) is 50.5 Å². The smallest absolute Gasteiger partial charge is 0.247 e. The molecule has 6 atom stereocenters. The first-order valence-electron chi connectivity index (χ1n) is 12.4. The molecule has 2 saturated heterocycles. The Kier molecular flexibility index (Phi) is 6.10. The third kappa shape index (κ3) is 3.39. The van der Waals surface area contributed by atoms with Gasteiger partial charge in [-0.3, -0.25) is 14.4 Å². The van der Waals surface area contributed by atoms with Crippen LogP contribution in [-0.4, -0.2) is 92.4 Å². The zero-order valence-corrected chi connectivity index (χ0v) is 20.4. The quantitative estimate of drug-likeness (QED) is 0.630. The molecular formula is C25H35N3O4S. The molecule has 0 radical (unpaired) electrons. The second-order valence-corrected chi connectivity index (χ2v) is 11.7. The van der Waals surface area contributed by atoms with Crippen molar-refractivity contribution in [3.63, 3.8) is 0 Å². The highest BCUT2D eigenvalue weighted by atomic mass is 32.2. The molecule has 1 spiro atoms. The topological polar surface area (TPSA) is 81.2 Å². The number of fused-ring (bicyclic) bond motifs is 2. The van der Waals surface area contributed by atoms with Crippen LogP contribution < -0.4 is 0 Å². The second kappa shape index (κ2) is 8.77. The highest BCUT2D eigenvalue weighted by molar-refractivity contribution is 8.02. The van der Waals surface area contributed by atoms with Crippen molar-refractivity contribution in [2.45, 2.75) is 73.6 Å². The van der Waals surface area contributed by atoms with Crippen molar-refractivity contribution < 1.29 is 19.5 Å². The summed E-state index contributed by atoms with van der Waals surface area (Å²) in [6.45, 7) is 2.83. The Morgan fingerprint density at radius 1 is 1.09 bits per heavy atom. The van der Waals surface area contributed by atoms with Crippen LogP contribution in [0.3, 0.4) is 0 Å². The predicted octanol–water partition coefficient (Wildman–Crippen LogP) is 1.81. The number of carbonyl (C=O) groups excluding carboxylic acids is 3. The van der Waals surface area contributed by atoms with Crippen molar-refractivity contribution in [3.05, 3.63) is 24.3 Å². The molecule has 180 valence electrons. The van der Waals surface area contributed by atoms with Gasteiger partial charge in [0.2, 0.25) is 17.7 Å². The Labute approximate surface area is 200 Å². The number of hydrogen-bond donors (Lipinski definition) is 1. The fourth-order valence-corrected chi connectivity index (χ4v) is 8.74. The summed E-state index contributed by atoms with van der Waals surface area (Å²) in [6.07, 6.45) is 14.2. The molecule has 8 heteroatoms. The van der Waals surface area contributed by atoms with Gasteiger partial charge >= 0.3 is 0 Å². The zero-order valence-electron chi connectivity index (χ0n) is 19.6. The van der Waals surface area contributed by atoms with E-state index in [1.807, 2.05) is 17.9 Å². The summed E-state index contributed by atoms with van der Waals surface area (Å²) in [5.41, 5.74) is 0. The Morgan fingerprint density at radius 2 is 1.85 bits per heavy atom. The van der Waals surface area contributed by atoms with E-state index >= 15 is 0 Å². The standard InChI is InChI=1S/C25H35N3O4S/c1-3-16(15-29)28-21-24(32)27(17-9-5-4-6-10-17)14-8-12-25(21)20(23(28)31)19-18(33-25)11-7-13-26(2)22(19)30/h7-8,11-12,16-21,29H,3-6,9-10,13-15H2,1-2H3/t16-,18+,19-,20-,21?,25-/m0/s1. The average Bonchev–Trinajstić information content (AvgIpc) is 3.15. The molecule has 0 bridgehead atoms. The van der Waals surface area contributed by atoms with Crippen LogP contribution in [0, 0.1) is 11.8 Å². The third-order valence-electron chi connectivity index (χ3n) is 8.42. The minimum Gasteiger partial charge on any atom is -0.394 e. The van der Waals surface area contributed by atoms with E-state index in [2.05, 4.69) is 18.2 Å². The van der Waals surface area contributed by atoms with Crippen LogP contribution >= 0.6 is 11.8 Å². The first kappa shape index (κ1) is 23.0. The van der Waals surface area contributed by atoms with Gasteiger partial charge < -0.3 is 19.8 Å². The van der Waals surface area contributed by atoms with Crippen LogP contribution in [0.4, 0.5) is 0 Å². The summed E-state index contributed by atoms with van der Waals surface area (Å²) in [7, 11) is 1.78. The molecule has 1 saturated carbocycles. The molecule has 5 aliphatic rings. The lowest BCUT2D eigenvalue weighted by atomic mass is 9.78. The number of carbonyl (C=O) groups is 3. The maximum atomic E-state index is 14.3. The number of nitrogens with zero attached hydrogens (tertiary/aromatic N) is 3. The van der Waals surface area contributed by atoms with E-state index in [1.165, 1.54) is 6.42 Å². The number of hydrogen-bond acceptors (Lipinski definition) is 5. The molecule has 3 fully saturated rings. The molecule has 4 heterocycles. The van der Waals surface area contributed by atoms with E-state index < -0.39 is 28.7 Å². The summed E-state index contributed by atoms with van der Waals surface area (Å²) < 4.78 is -0.784. The second-order valence-electron chi connectivity index (χ2n) is 10.2. The Balaban J connectivity index is 1.61. The number of likely N-dealkylation sites (tertiary alicyclic amines) is 1. The average molecular weight is 474 g/mol. The Morgan fingerprint density at radius 3 is 2.55 bits per heavy atom. The summed E-state index contributed by atoms with van der Waals surface area (Å²) in [5, 5.41) is 10.0. The normalized spacial score (nSPS) is 37.7. The lowest BCUT2D eigenvalue weighted by molar-refractivity contribution is -0.147. The Bertz CT molecular complexity index is 881. The lowest BCUT2D eigenvalue weighted by Gasteiger charge is -2.41. The van der Waals surface area contributed by atoms with Gasteiger partial charge in [-0.2, -0.15) is 0 Å². The van der Waals surface area contributed by atoms with Crippen LogP contribution in [0.15, 0.2) is 24.3 Å². The molecule has 7 nitrogen and oxygen atoms in total. The minimum absolute atomic E-state index is 0.0107. The van der Waals surface area contributed by atoms with Crippen LogP contribution in [0.25, 0.3) is 0 Å². The zero-order chi connectivity index (χ0) is 23.3. The van der Waals surface area contributed by atoms with Gasteiger partial charge in [-0.25, -0.2) is 0 Å². The summed E-state index contributed by atoms with van der Waals surface area (Å²) in [4.78, 5) is 47.1.